The first-order valence-electron chi connectivity index (χ1n) is 12.2. The van der Waals surface area contributed by atoms with E-state index >= 15 is 0 Å². The van der Waals surface area contributed by atoms with Crippen molar-refractivity contribution < 1.29 is 23.1 Å². The number of ether oxygens (including phenoxy) is 2. The maximum atomic E-state index is 12.8. The molecule has 0 saturated heterocycles. The van der Waals surface area contributed by atoms with Crippen LogP contribution < -0.4 is 25.7 Å². The van der Waals surface area contributed by atoms with Crippen LogP contribution in [0.25, 0.3) is 5.13 Å². The van der Waals surface area contributed by atoms with Crippen molar-refractivity contribution in [3.63, 3.8) is 0 Å². The Hall–Kier alpha value is -4.15. The number of hydrogen-bond donors (Lipinski definition) is 2. The summed E-state index contributed by atoms with van der Waals surface area (Å²) in [5, 5.41) is 18.1. The van der Waals surface area contributed by atoms with Crippen LogP contribution in [0.2, 0.25) is 18.1 Å². The Bertz CT molecular complexity index is 1500. The smallest absolute Gasteiger partial charge is 0.381 e. The fraction of sp³-hybridized carbons (Fsp3) is 0.375. The summed E-state index contributed by atoms with van der Waals surface area (Å²) in [6.07, 6.45) is 6.26. The minimum Gasteiger partial charge on any atom is -0.488 e. The van der Waals surface area contributed by atoms with Crippen LogP contribution in [0.4, 0.5) is 16.8 Å². The SMILES string of the molecule is COc1c(Nc2ncc(OCCO[Si](C)(C)C(C)(C)C)cn2)cc(C(=O)Nc2nnc(-n3cccn3)s2)oc1=O. The van der Waals surface area contributed by atoms with E-state index in [0.29, 0.717) is 24.1 Å². The number of anilines is 3. The van der Waals surface area contributed by atoms with E-state index in [0.717, 1.165) is 11.3 Å². The Morgan fingerprint density at radius 3 is 2.58 bits per heavy atom. The lowest BCUT2D eigenvalue weighted by molar-refractivity contribution is 0.0991. The molecule has 4 heterocycles. The highest BCUT2D eigenvalue weighted by Gasteiger charge is 2.36. The van der Waals surface area contributed by atoms with Crippen molar-refractivity contribution in [3.8, 4) is 16.6 Å². The molecule has 0 saturated carbocycles. The molecule has 212 valence electrons. The molecule has 4 aromatic heterocycles. The summed E-state index contributed by atoms with van der Waals surface area (Å²) in [6.45, 7) is 11.7. The van der Waals surface area contributed by atoms with Gasteiger partial charge in [-0.3, -0.25) is 10.1 Å². The maximum absolute atomic E-state index is 12.8. The zero-order chi connectivity index (χ0) is 28.9. The molecule has 40 heavy (non-hydrogen) atoms. The van der Waals surface area contributed by atoms with Crippen molar-refractivity contribution in [2.75, 3.05) is 31.0 Å². The zero-order valence-corrected chi connectivity index (χ0v) is 24.7. The van der Waals surface area contributed by atoms with Crippen molar-refractivity contribution in [2.45, 2.75) is 38.9 Å². The number of carbonyl (C=O) groups is 1. The molecule has 1 amide bonds. The number of nitrogens with zero attached hydrogens (tertiary/aromatic N) is 6. The molecule has 0 aliphatic heterocycles. The Morgan fingerprint density at radius 2 is 1.93 bits per heavy atom. The van der Waals surface area contributed by atoms with Crippen LogP contribution in [0.3, 0.4) is 0 Å². The Morgan fingerprint density at radius 1 is 1.18 bits per heavy atom. The summed E-state index contributed by atoms with van der Waals surface area (Å²) in [4.78, 5) is 33.8. The van der Waals surface area contributed by atoms with Crippen molar-refractivity contribution in [1.82, 2.24) is 29.9 Å². The molecule has 4 aromatic rings. The molecule has 0 atom stereocenters. The third-order valence-electron chi connectivity index (χ3n) is 6.17. The predicted molar refractivity (Wildman–Crippen MR) is 150 cm³/mol. The molecule has 0 aromatic carbocycles. The summed E-state index contributed by atoms with van der Waals surface area (Å²) in [6, 6.07) is 3.04. The van der Waals surface area contributed by atoms with Gasteiger partial charge in [-0.1, -0.05) is 32.1 Å². The normalized spacial score (nSPS) is 11.8. The van der Waals surface area contributed by atoms with Gasteiger partial charge < -0.3 is 23.6 Å². The van der Waals surface area contributed by atoms with Crippen molar-refractivity contribution in [2.24, 2.45) is 0 Å². The van der Waals surface area contributed by atoms with Gasteiger partial charge in [0.25, 0.3) is 5.91 Å². The van der Waals surface area contributed by atoms with Crippen molar-refractivity contribution >= 4 is 42.3 Å². The van der Waals surface area contributed by atoms with E-state index in [9.17, 15) is 9.59 Å². The highest BCUT2D eigenvalue weighted by Crippen LogP contribution is 2.36. The largest absolute Gasteiger partial charge is 0.488 e. The van der Waals surface area contributed by atoms with Gasteiger partial charge in [0.05, 0.1) is 31.8 Å². The van der Waals surface area contributed by atoms with Gasteiger partial charge in [-0.25, -0.2) is 19.4 Å². The number of carbonyl (C=O) groups excluding carboxylic acids is 1. The highest BCUT2D eigenvalue weighted by molar-refractivity contribution is 7.17. The van der Waals surface area contributed by atoms with Crippen LogP contribution in [-0.4, -0.2) is 64.5 Å². The van der Waals surface area contributed by atoms with Crippen LogP contribution in [-0.2, 0) is 4.43 Å². The average molecular weight is 587 g/mol. The van der Waals surface area contributed by atoms with E-state index in [2.05, 4.69) is 69.8 Å². The van der Waals surface area contributed by atoms with E-state index in [-0.39, 0.29) is 33.3 Å². The van der Waals surface area contributed by atoms with Gasteiger partial charge in [0.2, 0.25) is 22.0 Å². The monoisotopic (exact) mass is 586 g/mol. The summed E-state index contributed by atoms with van der Waals surface area (Å²) in [7, 11) is -0.554. The Labute approximate surface area is 234 Å². The molecule has 0 aliphatic carbocycles. The lowest BCUT2D eigenvalue weighted by Gasteiger charge is -2.36. The Kier molecular flexibility index (Phi) is 8.60. The summed E-state index contributed by atoms with van der Waals surface area (Å²) < 4.78 is 23.6. The lowest BCUT2D eigenvalue weighted by atomic mass is 10.2. The topological polar surface area (TPSA) is 168 Å². The second-order valence-electron chi connectivity index (χ2n) is 9.96. The van der Waals surface area contributed by atoms with Crippen LogP contribution in [0.1, 0.15) is 31.3 Å². The molecule has 0 unspecified atom stereocenters. The molecule has 0 fully saturated rings. The fourth-order valence-corrected chi connectivity index (χ4v) is 4.74. The van der Waals surface area contributed by atoms with Crippen molar-refractivity contribution in [1.29, 1.82) is 0 Å². The zero-order valence-electron chi connectivity index (χ0n) is 22.9. The first-order chi connectivity index (χ1) is 19.0. The van der Waals surface area contributed by atoms with E-state index in [1.807, 2.05) is 0 Å². The second-order valence-corrected chi connectivity index (χ2v) is 15.7. The first-order valence-corrected chi connectivity index (χ1v) is 15.9. The molecule has 0 aliphatic rings. The number of aromatic nitrogens is 6. The van der Waals surface area contributed by atoms with E-state index in [4.69, 9.17) is 18.3 Å². The van der Waals surface area contributed by atoms with Crippen LogP contribution in [0.15, 0.2) is 46.1 Å². The fourth-order valence-electron chi connectivity index (χ4n) is 3.03. The predicted octanol–water partition coefficient (Wildman–Crippen LogP) is 3.87. The quantitative estimate of drug-likeness (QED) is 0.192. The van der Waals surface area contributed by atoms with E-state index < -0.39 is 19.9 Å². The first kappa shape index (κ1) is 28.8. The molecular weight excluding hydrogens is 556 g/mol. The maximum Gasteiger partial charge on any atom is 0.381 e. The summed E-state index contributed by atoms with van der Waals surface area (Å²) >= 11 is 1.09. The number of rotatable bonds is 11. The van der Waals surface area contributed by atoms with Gasteiger partial charge in [0.1, 0.15) is 6.61 Å². The van der Waals surface area contributed by atoms with Crippen LogP contribution >= 0.6 is 11.3 Å². The molecule has 4 rings (SSSR count). The minimum atomic E-state index is -1.86. The molecule has 0 radical (unpaired) electrons. The van der Waals surface area contributed by atoms with Gasteiger partial charge >= 0.3 is 5.63 Å². The average Bonchev–Trinajstić information content (AvgIpc) is 3.59. The molecule has 0 bridgehead atoms. The minimum absolute atomic E-state index is 0.113. The second kappa shape index (κ2) is 11.9. The van der Waals surface area contributed by atoms with Gasteiger partial charge in [-0.2, -0.15) is 5.10 Å². The van der Waals surface area contributed by atoms with Crippen molar-refractivity contribution in [3.05, 3.63) is 53.1 Å². The molecule has 2 N–H and O–H groups in total. The van der Waals surface area contributed by atoms with E-state index in [1.165, 1.54) is 30.3 Å². The highest BCUT2D eigenvalue weighted by atomic mass is 32.1. The lowest BCUT2D eigenvalue weighted by Crippen LogP contribution is -2.41. The number of nitrogens with one attached hydrogen (secondary N) is 2. The van der Waals surface area contributed by atoms with Gasteiger partial charge in [0.15, 0.2) is 19.8 Å². The molecule has 0 spiro atoms. The standard InChI is InChI=1S/C24H30N8O6SSi/c1-24(2,3)40(5,6)37-11-10-36-15-13-25-21(26-14-15)28-16-12-17(38-20(34)18(16)35-4)19(33)29-22-30-31-23(39-22)32-9-7-8-27-32/h7-9,12-14H,10-11H2,1-6H3,(H,25,26,28)(H,29,30,33). The summed E-state index contributed by atoms with van der Waals surface area (Å²) in [5.74, 6) is -0.551. The summed E-state index contributed by atoms with van der Waals surface area (Å²) in [5.41, 5.74) is -0.733. The molecule has 16 heteroatoms. The third-order valence-corrected chi connectivity index (χ3v) is 11.5. The molecule has 14 nitrogen and oxygen atoms in total. The van der Waals surface area contributed by atoms with Gasteiger partial charge in [-0.15, -0.1) is 10.2 Å². The number of amides is 1. The van der Waals surface area contributed by atoms with Gasteiger partial charge in [0, 0.05) is 18.5 Å². The molecular formula is C24H30N8O6SSi. The number of hydrogen-bond acceptors (Lipinski definition) is 13. The third kappa shape index (κ3) is 6.88. The van der Waals surface area contributed by atoms with Gasteiger partial charge in [-0.05, 0) is 24.2 Å². The van der Waals surface area contributed by atoms with Crippen LogP contribution in [0.5, 0.6) is 11.5 Å². The number of methoxy groups -OCH3 is 1. The Balaban J connectivity index is 1.40. The van der Waals surface area contributed by atoms with Crippen LogP contribution in [0, 0.1) is 0 Å². The van der Waals surface area contributed by atoms with E-state index in [1.54, 1.807) is 18.5 Å².